The van der Waals surface area contributed by atoms with Gasteiger partial charge in [-0.2, -0.15) is 0 Å². The Morgan fingerprint density at radius 1 is 1.24 bits per heavy atom. The fourth-order valence-corrected chi connectivity index (χ4v) is 3.87. The predicted molar refractivity (Wildman–Crippen MR) is 89.0 cm³/mol. The summed E-state index contributed by atoms with van der Waals surface area (Å²) in [6.07, 6.45) is 1.57. The summed E-state index contributed by atoms with van der Waals surface area (Å²) in [5.74, 6) is 0.592. The molecule has 0 fully saturated rings. The Morgan fingerprint density at radius 2 is 2.00 bits per heavy atom. The fourth-order valence-electron chi connectivity index (χ4n) is 2.07. The maximum absolute atomic E-state index is 11.2. The third-order valence-electron chi connectivity index (χ3n) is 3.11. The van der Waals surface area contributed by atoms with Gasteiger partial charge < -0.3 is 0 Å². The molecule has 1 aromatic carbocycles. The second-order valence-electron chi connectivity index (χ2n) is 4.87. The molecule has 2 heterocycles. The molecule has 0 saturated carbocycles. The third-order valence-corrected chi connectivity index (χ3v) is 5.13. The van der Waals surface area contributed by atoms with Crippen molar-refractivity contribution in [1.82, 2.24) is 9.97 Å². The summed E-state index contributed by atoms with van der Waals surface area (Å²) in [4.78, 5) is 20.9. The molecule has 0 unspecified atom stereocenters. The molecule has 0 N–H and O–H groups in total. The normalized spacial score (nSPS) is 11.0. The van der Waals surface area contributed by atoms with Gasteiger partial charge in [-0.15, -0.1) is 11.3 Å². The molecule has 21 heavy (non-hydrogen) atoms. The number of carbonyl (C=O) groups excluding carboxylic acids is 1. The van der Waals surface area contributed by atoms with Crippen LogP contribution >= 0.6 is 23.1 Å². The van der Waals surface area contributed by atoms with Gasteiger partial charge in [-0.25, -0.2) is 9.97 Å². The van der Waals surface area contributed by atoms with Crippen molar-refractivity contribution in [3.63, 3.8) is 0 Å². The highest BCUT2D eigenvalue weighted by Crippen LogP contribution is 2.37. The number of carbonyl (C=O) groups is 1. The molecule has 0 atom stereocenters. The fraction of sp³-hybridized carbons (Fsp3) is 0.188. The molecule has 0 aliphatic carbocycles. The van der Waals surface area contributed by atoms with Gasteiger partial charge in [0.15, 0.2) is 0 Å². The van der Waals surface area contributed by atoms with Gasteiger partial charge in [0.05, 0.1) is 11.1 Å². The van der Waals surface area contributed by atoms with E-state index >= 15 is 0 Å². The van der Waals surface area contributed by atoms with Crippen molar-refractivity contribution in [2.75, 3.05) is 5.75 Å². The van der Waals surface area contributed by atoms with E-state index in [1.165, 1.54) is 17.3 Å². The van der Waals surface area contributed by atoms with E-state index in [-0.39, 0.29) is 5.78 Å². The summed E-state index contributed by atoms with van der Waals surface area (Å²) in [5, 5.41) is 4.05. The van der Waals surface area contributed by atoms with E-state index in [1.54, 1.807) is 24.6 Å². The molecule has 3 rings (SSSR count). The SMILES string of the molecule is CC(=O)CSc1ncnc2scc(-c3ccc(C)cc3)c12. The van der Waals surface area contributed by atoms with Crippen molar-refractivity contribution in [2.45, 2.75) is 18.9 Å². The van der Waals surface area contributed by atoms with Crippen LogP contribution < -0.4 is 0 Å². The number of nitrogens with zero attached hydrogens (tertiary/aromatic N) is 2. The van der Waals surface area contributed by atoms with Crippen molar-refractivity contribution in [1.29, 1.82) is 0 Å². The number of ketones is 1. The average Bonchev–Trinajstić information content (AvgIpc) is 2.90. The Kier molecular flexibility index (Phi) is 4.03. The van der Waals surface area contributed by atoms with Crippen LogP contribution in [-0.2, 0) is 4.79 Å². The number of rotatable bonds is 4. The summed E-state index contributed by atoms with van der Waals surface area (Å²) in [7, 11) is 0. The van der Waals surface area contributed by atoms with Crippen LogP contribution in [0.1, 0.15) is 12.5 Å². The molecular formula is C16H14N2OS2. The molecule has 0 amide bonds. The van der Waals surface area contributed by atoms with Crippen molar-refractivity contribution in [2.24, 2.45) is 0 Å². The van der Waals surface area contributed by atoms with Crippen molar-refractivity contribution in [3.05, 3.63) is 41.5 Å². The molecule has 0 bridgehead atoms. The maximum atomic E-state index is 11.2. The van der Waals surface area contributed by atoms with Crippen LogP contribution in [0.3, 0.4) is 0 Å². The van der Waals surface area contributed by atoms with E-state index in [9.17, 15) is 4.79 Å². The van der Waals surface area contributed by atoms with E-state index in [1.807, 2.05) is 0 Å². The van der Waals surface area contributed by atoms with Crippen LogP contribution in [0.4, 0.5) is 0 Å². The molecule has 5 heteroatoms. The number of aromatic nitrogens is 2. The molecule has 106 valence electrons. The minimum atomic E-state index is 0.152. The standard InChI is InChI=1S/C16H14N2OS2/c1-10-3-5-12(6-4-10)13-8-21-16-14(13)15(17-9-18-16)20-7-11(2)19/h3-6,8-9H,7H2,1-2H3. The summed E-state index contributed by atoms with van der Waals surface area (Å²) >= 11 is 3.09. The number of hydrogen-bond donors (Lipinski definition) is 0. The zero-order valence-electron chi connectivity index (χ0n) is 11.8. The van der Waals surface area contributed by atoms with E-state index in [0.29, 0.717) is 5.75 Å². The van der Waals surface area contributed by atoms with Crippen molar-refractivity contribution in [3.8, 4) is 11.1 Å². The van der Waals surface area contributed by atoms with Crippen LogP contribution in [0.15, 0.2) is 41.0 Å². The first-order chi connectivity index (χ1) is 10.1. The lowest BCUT2D eigenvalue weighted by Crippen LogP contribution is -1.94. The van der Waals surface area contributed by atoms with Crippen LogP contribution in [0.2, 0.25) is 0 Å². The molecule has 3 nitrogen and oxygen atoms in total. The van der Waals surface area contributed by atoms with Crippen molar-refractivity contribution >= 4 is 39.1 Å². The molecular weight excluding hydrogens is 300 g/mol. The molecule has 0 aliphatic heterocycles. The Hall–Kier alpha value is -1.72. The molecule has 2 aromatic heterocycles. The number of hydrogen-bond acceptors (Lipinski definition) is 5. The second-order valence-corrected chi connectivity index (χ2v) is 6.69. The van der Waals surface area contributed by atoms with E-state index in [2.05, 4.69) is 46.5 Å². The lowest BCUT2D eigenvalue weighted by atomic mass is 10.1. The molecule has 3 aromatic rings. The van der Waals surface area contributed by atoms with Gasteiger partial charge in [0.2, 0.25) is 0 Å². The first kappa shape index (κ1) is 14.2. The predicted octanol–water partition coefficient (Wildman–Crippen LogP) is 4.35. The minimum Gasteiger partial charge on any atom is -0.299 e. The molecule has 0 radical (unpaired) electrons. The van der Waals surface area contributed by atoms with Gasteiger partial charge in [-0.3, -0.25) is 4.79 Å². The van der Waals surface area contributed by atoms with E-state index < -0.39 is 0 Å². The van der Waals surface area contributed by atoms with E-state index in [0.717, 1.165) is 26.4 Å². The van der Waals surface area contributed by atoms with Gasteiger partial charge in [-0.05, 0) is 19.4 Å². The van der Waals surface area contributed by atoms with Crippen LogP contribution in [-0.4, -0.2) is 21.5 Å². The quantitative estimate of drug-likeness (QED) is 0.530. The number of thiophene rings is 1. The van der Waals surface area contributed by atoms with Gasteiger partial charge in [0, 0.05) is 10.9 Å². The maximum Gasteiger partial charge on any atom is 0.140 e. The topological polar surface area (TPSA) is 42.9 Å². The number of fused-ring (bicyclic) bond motifs is 1. The Morgan fingerprint density at radius 3 is 2.71 bits per heavy atom. The lowest BCUT2D eigenvalue weighted by molar-refractivity contribution is -0.114. The van der Waals surface area contributed by atoms with Crippen molar-refractivity contribution < 1.29 is 4.79 Å². The largest absolute Gasteiger partial charge is 0.299 e. The number of benzene rings is 1. The van der Waals surface area contributed by atoms with E-state index in [4.69, 9.17) is 0 Å². The van der Waals surface area contributed by atoms with Gasteiger partial charge in [-0.1, -0.05) is 41.6 Å². The van der Waals surface area contributed by atoms with Crippen LogP contribution in [0.25, 0.3) is 21.3 Å². The summed E-state index contributed by atoms with van der Waals surface area (Å²) in [5.41, 5.74) is 3.54. The molecule has 0 aliphatic rings. The third kappa shape index (κ3) is 2.99. The highest BCUT2D eigenvalue weighted by atomic mass is 32.2. The lowest BCUT2D eigenvalue weighted by Gasteiger charge is -2.04. The number of thioether (sulfide) groups is 1. The Balaban J connectivity index is 2.10. The molecule has 0 spiro atoms. The number of aryl methyl sites for hydroxylation is 1. The summed E-state index contributed by atoms with van der Waals surface area (Å²) < 4.78 is 0. The summed E-state index contributed by atoms with van der Waals surface area (Å²) in [6.45, 7) is 3.67. The first-order valence-electron chi connectivity index (χ1n) is 6.56. The Labute approximate surface area is 131 Å². The number of Topliss-reactive ketones (excluding diaryl/α,β-unsaturated/α-hetero) is 1. The second kappa shape index (κ2) is 5.95. The summed E-state index contributed by atoms with van der Waals surface area (Å²) in [6, 6.07) is 8.43. The molecule has 0 saturated heterocycles. The first-order valence-corrected chi connectivity index (χ1v) is 8.43. The average molecular weight is 314 g/mol. The monoisotopic (exact) mass is 314 g/mol. The smallest absolute Gasteiger partial charge is 0.140 e. The highest BCUT2D eigenvalue weighted by Gasteiger charge is 2.13. The van der Waals surface area contributed by atoms with Gasteiger partial charge in [0.1, 0.15) is 22.0 Å². The Bertz CT molecular complexity index is 794. The van der Waals surface area contributed by atoms with Gasteiger partial charge in [0.25, 0.3) is 0 Å². The van der Waals surface area contributed by atoms with Gasteiger partial charge >= 0.3 is 0 Å². The van der Waals surface area contributed by atoms with Crippen LogP contribution in [0.5, 0.6) is 0 Å². The zero-order valence-corrected chi connectivity index (χ0v) is 13.4. The van der Waals surface area contributed by atoms with Crippen LogP contribution in [0, 0.1) is 6.92 Å². The zero-order chi connectivity index (χ0) is 14.8. The minimum absolute atomic E-state index is 0.152. The highest BCUT2D eigenvalue weighted by molar-refractivity contribution is 8.00.